The molecule has 2 bridgehead atoms. The van der Waals surface area contributed by atoms with E-state index in [0.717, 1.165) is 11.8 Å². The molecule has 1 aromatic carbocycles. The van der Waals surface area contributed by atoms with Crippen molar-refractivity contribution in [3.05, 3.63) is 28.8 Å². The highest BCUT2D eigenvalue weighted by molar-refractivity contribution is 7.80. The molecule has 0 aromatic heterocycles. The van der Waals surface area contributed by atoms with Crippen LogP contribution in [0.3, 0.4) is 0 Å². The van der Waals surface area contributed by atoms with Crippen molar-refractivity contribution in [1.82, 2.24) is 5.32 Å². The van der Waals surface area contributed by atoms with Gasteiger partial charge in [-0.05, 0) is 61.5 Å². The van der Waals surface area contributed by atoms with Crippen molar-refractivity contribution in [1.29, 1.82) is 0 Å². The number of methoxy groups -OCH3 is 1. The molecular weight excluding hydrogens is 320 g/mol. The van der Waals surface area contributed by atoms with Crippen LogP contribution in [-0.2, 0) is 4.74 Å². The van der Waals surface area contributed by atoms with Crippen molar-refractivity contribution < 1.29 is 9.53 Å². The van der Waals surface area contributed by atoms with Gasteiger partial charge in [0.1, 0.15) is 0 Å². The van der Waals surface area contributed by atoms with E-state index in [4.69, 9.17) is 28.6 Å². The molecule has 0 spiro atoms. The molecule has 118 valence electrons. The summed E-state index contributed by atoms with van der Waals surface area (Å²) < 4.78 is 4.72. The van der Waals surface area contributed by atoms with Gasteiger partial charge in [0.25, 0.3) is 0 Å². The van der Waals surface area contributed by atoms with E-state index in [1.165, 1.54) is 32.8 Å². The number of fused-ring (bicyclic) bond motifs is 2. The number of carbonyl (C=O) groups is 1. The summed E-state index contributed by atoms with van der Waals surface area (Å²) >= 11 is 11.6. The molecule has 3 atom stereocenters. The van der Waals surface area contributed by atoms with Crippen LogP contribution in [-0.4, -0.2) is 24.2 Å². The van der Waals surface area contributed by atoms with Gasteiger partial charge in [0, 0.05) is 6.04 Å². The first kappa shape index (κ1) is 15.6. The van der Waals surface area contributed by atoms with Gasteiger partial charge < -0.3 is 15.4 Å². The third kappa shape index (κ3) is 3.20. The third-order valence-corrected chi connectivity index (χ3v) is 5.24. The van der Waals surface area contributed by atoms with Crippen LogP contribution >= 0.6 is 23.8 Å². The SMILES string of the molecule is COC(=O)c1ccc(Cl)c(NC(=S)N[C@@H]2C[C@H]3CC[C@H]2C3)c1. The molecule has 0 amide bonds. The summed E-state index contributed by atoms with van der Waals surface area (Å²) in [6, 6.07) is 5.41. The van der Waals surface area contributed by atoms with Crippen LogP contribution in [0.15, 0.2) is 18.2 Å². The first-order valence-corrected chi connectivity index (χ1v) is 8.31. The largest absolute Gasteiger partial charge is 0.465 e. The number of thiocarbonyl (C=S) groups is 1. The van der Waals surface area contributed by atoms with Crippen LogP contribution in [0.2, 0.25) is 5.02 Å². The Balaban J connectivity index is 1.64. The number of anilines is 1. The minimum atomic E-state index is -0.397. The Morgan fingerprint density at radius 3 is 2.82 bits per heavy atom. The molecule has 0 aliphatic heterocycles. The van der Waals surface area contributed by atoms with Crippen molar-refractivity contribution in [2.45, 2.75) is 31.7 Å². The van der Waals surface area contributed by atoms with Crippen molar-refractivity contribution in [2.24, 2.45) is 11.8 Å². The quantitative estimate of drug-likeness (QED) is 0.651. The molecule has 1 aromatic rings. The van der Waals surface area contributed by atoms with Gasteiger partial charge in [-0.3, -0.25) is 0 Å². The van der Waals surface area contributed by atoms with E-state index in [2.05, 4.69) is 10.6 Å². The maximum atomic E-state index is 11.6. The second-order valence-corrected chi connectivity index (χ2v) is 6.88. The monoisotopic (exact) mass is 338 g/mol. The fourth-order valence-corrected chi connectivity index (χ4v) is 4.04. The summed E-state index contributed by atoms with van der Waals surface area (Å²) in [5, 5.41) is 7.57. The van der Waals surface area contributed by atoms with Gasteiger partial charge >= 0.3 is 5.97 Å². The smallest absolute Gasteiger partial charge is 0.337 e. The molecule has 2 fully saturated rings. The molecule has 2 aliphatic rings. The topological polar surface area (TPSA) is 50.4 Å². The Kier molecular flexibility index (Phi) is 4.54. The minimum absolute atomic E-state index is 0.397. The molecule has 2 N–H and O–H groups in total. The van der Waals surface area contributed by atoms with Crippen LogP contribution in [0.25, 0.3) is 0 Å². The van der Waals surface area contributed by atoms with E-state index in [1.807, 2.05) is 0 Å². The summed E-state index contributed by atoms with van der Waals surface area (Å²) in [5.41, 5.74) is 1.06. The molecule has 0 heterocycles. The Labute approximate surface area is 140 Å². The van der Waals surface area contributed by atoms with Crippen molar-refractivity contribution >= 4 is 40.6 Å². The lowest BCUT2D eigenvalue weighted by Gasteiger charge is -2.24. The van der Waals surface area contributed by atoms with Gasteiger partial charge in [0.2, 0.25) is 0 Å². The predicted molar refractivity (Wildman–Crippen MR) is 91.4 cm³/mol. The average Bonchev–Trinajstić information content (AvgIpc) is 3.11. The van der Waals surface area contributed by atoms with Gasteiger partial charge in [-0.25, -0.2) is 4.79 Å². The summed E-state index contributed by atoms with van der Waals surface area (Å²) in [6.07, 6.45) is 5.17. The molecule has 2 saturated carbocycles. The highest BCUT2D eigenvalue weighted by Crippen LogP contribution is 2.44. The predicted octanol–water partition coefficient (Wildman–Crippen LogP) is 3.60. The summed E-state index contributed by atoms with van der Waals surface area (Å²) in [4.78, 5) is 11.6. The maximum Gasteiger partial charge on any atom is 0.337 e. The molecule has 0 unspecified atom stereocenters. The molecular formula is C16H19ClN2O2S. The standard InChI is InChI=1S/C16H19ClN2O2S/c1-21-15(20)11-4-5-12(17)14(8-11)19-16(22)18-13-7-9-2-3-10(13)6-9/h4-5,8-10,13H,2-3,6-7H2,1H3,(H2,18,19,22)/t9-,10-,13+/m0/s1. The highest BCUT2D eigenvalue weighted by Gasteiger charge is 2.39. The van der Waals surface area contributed by atoms with Crippen molar-refractivity contribution in [3.8, 4) is 0 Å². The van der Waals surface area contributed by atoms with Crippen molar-refractivity contribution in [2.75, 3.05) is 12.4 Å². The lowest BCUT2D eigenvalue weighted by atomic mass is 9.96. The normalized spacial score (nSPS) is 25.8. The minimum Gasteiger partial charge on any atom is -0.465 e. The zero-order valence-corrected chi connectivity index (χ0v) is 14.0. The van der Waals surface area contributed by atoms with Gasteiger partial charge in [-0.15, -0.1) is 0 Å². The lowest BCUT2D eigenvalue weighted by molar-refractivity contribution is 0.0601. The first-order valence-electron chi connectivity index (χ1n) is 7.52. The second-order valence-electron chi connectivity index (χ2n) is 6.07. The van der Waals surface area contributed by atoms with Crippen LogP contribution in [0.1, 0.15) is 36.0 Å². The average molecular weight is 339 g/mol. The lowest BCUT2D eigenvalue weighted by Crippen LogP contribution is -2.40. The molecule has 2 aliphatic carbocycles. The zero-order valence-electron chi connectivity index (χ0n) is 12.4. The number of rotatable bonds is 3. The Hall–Kier alpha value is -1.33. The van der Waals surface area contributed by atoms with E-state index in [-0.39, 0.29) is 0 Å². The van der Waals surface area contributed by atoms with E-state index in [1.54, 1.807) is 18.2 Å². The van der Waals surface area contributed by atoms with Gasteiger partial charge in [-0.1, -0.05) is 18.0 Å². The molecule has 4 nitrogen and oxygen atoms in total. The fraction of sp³-hybridized carbons (Fsp3) is 0.500. The number of ether oxygens (including phenoxy) is 1. The Morgan fingerprint density at radius 2 is 2.18 bits per heavy atom. The zero-order chi connectivity index (χ0) is 15.7. The van der Waals surface area contributed by atoms with E-state index in [9.17, 15) is 4.79 Å². The number of halogens is 1. The number of hydrogen-bond donors (Lipinski definition) is 2. The maximum absolute atomic E-state index is 11.6. The van der Waals surface area contributed by atoms with Crippen LogP contribution < -0.4 is 10.6 Å². The molecule has 3 rings (SSSR count). The fourth-order valence-electron chi connectivity index (χ4n) is 3.61. The number of benzene rings is 1. The van der Waals surface area contributed by atoms with Gasteiger partial charge in [0.15, 0.2) is 5.11 Å². The number of carbonyl (C=O) groups excluding carboxylic acids is 1. The Bertz CT molecular complexity index is 608. The summed E-state index contributed by atoms with van der Waals surface area (Å²) in [7, 11) is 1.35. The van der Waals surface area contributed by atoms with Gasteiger partial charge in [-0.2, -0.15) is 0 Å². The number of esters is 1. The second kappa shape index (κ2) is 6.42. The number of nitrogens with one attached hydrogen (secondary N) is 2. The molecule has 0 radical (unpaired) electrons. The third-order valence-electron chi connectivity index (χ3n) is 4.69. The number of hydrogen-bond acceptors (Lipinski definition) is 3. The van der Waals surface area contributed by atoms with E-state index in [0.29, 0.717) is 27.4 Å². The van der Waals surface area contributed by atoms with E-state index < -0.39 is 5.97 Å². The first-order chi connectivity index (χ1) is 10.6. The van der Waals surface area contributed by atoms with Crippen LogP contribution in [0.4, 0.5) is 5.69 Å². The molecule has 0 saturated heterocycles. The van der Waals surface area contributed by atoms with Crippen LogP contribution in [0, 0.1) is 11.8 Å². The van der Waals surface area contributed by atoms with Crippen LogP contribution in [0.5, 0.6) is 0 Å². The summed E-state index contributed by atoms with van der Waals surface area (Å²) in [6.45, 7) is 0. The van der Waals surface area contributed by atoms with Gasteiger partial charge in [0.05, 0.1) is 23.4 Å². The van der Waals surface area contributed by atoms with E-state index >= 15 is 0 Å². The summed E-state index contributed by atoms with van der Waals surface area (Å²) in [5.74, 6) is 1.20. The molecule has 22 heavy (non-hydrogen) atoms. The highest BCUT2D eigenvalue weighted by atomic mass is 35.5. The molecule has 6 heteroatoms. The van der Waals surface area contributed by atoms with Crippen molar-refractivity contribution in [3.63, 3.8) is 0 Å². The Morgan fingerprint density at radius 1 is 1.36 bits per heavy atom.